The van der Waals surface area contributed by atoms with E-state index in [0.717, 1.165) is 22.4 Å². The number of aromatic nitrogens is 2. The Labute approximate surface area is 128 Å². The van der Waals surface area contributed by atoms with E-state index in [1.807, 2.05) is 6.92 Å². The fourth-order valence-corrected chi connectivity index (χ4v) is 4.03. The van der Waals surface area contributed by atoms with E-state index in [1.54, 1.807) is 0 Å². The normalized spacial score (nSPS) is 22.5. The summed E-state index contributed by atoms with van der Waals surface area (Å²) in [6, 6.07) is 0.351. The van der Waals surface area contributed by atoms with Crippen LogP contribution in [0.25, 0.3) is 0 Å². The molecule has 0 saturated heterocycles. The van der Waals surface area contributed by atoms with Crippen LogP contribution in [0.4, 0.5) is 5.13 Å². The molecule has 1 aromatic rings. The predicted molar refractivity (Wildman–Crippen MR) is 84.4 cm³/mol. The van der Waals surface area contributed by atoms with Crippen LogP contribution in [-0.4, -0.2) is 34.4 Å². The quantitative estimate of drug-likeness (QED) is 0.790. The lowest BCUT2D eigenvalue weighted by Gasteiger charge is -2.29. The van der Waals surface area contributed by atoms with E-state index in [2.05, 4.69) is 27.8 Å². The summed E-state index contributed by atoms with van der Waals surface area (Å²) >= 11 is 2.95. The Kier molecular flexibility index (Phi) is 6.09. The molecule has 1 heterocycles. The van der Waals surface area contributed by atoms with Crippen LogP contribution in [0.5, 0.6) is 0 Å². The van der Waals surface area contributed by atoms with Crippen LogP contribution in [-0.2, 0) is 4.79 Å². The first-order valence-corrected chi connectivity index (χ1v) is 8.98. The lowest BCUT2D eigenvalue weighted by molar-refractivity contribution is -0.119. The molecular weight excluding hydrogens is 292 g/mol. The molecule has 0 unspecified atom stereocenters. The average Bonchev–Trinajstić information content (AvgIpc) is 2.87. The standard InChI is InChI=1S/C13H22N4OS2/c1-3-14-12-16-17-13(20-12)19-8-11(18)15-10-7-5-4-6-9(10)2/h9-10H,3-8H2,1-2H3,(H,14,16)(H,15,18)/t9-,10-/m1/s1. The number of rotatable bonds is 6. The van der Waals surface area contributed by atoms with Gasteiger partial charge in [-0.05, 0) is 25.7 Å². The number of hydrogen-bond donors (Lipinski definition) is 2. The van der Waals surface area contributed by atoms with Gasteiger partial charge in [-0.2, -0.15) is 0 Å². The highest BCUT2D eigenvalue weighted by Crippen LogP contribution is 2.26. The summed E-state index contributed by atoms with van der Waals surface area (Å²) in [5.41, 5.74) is 0. The largest absolute Gasteiger partial charge is 0.360 e. The first kappa shape index (κ1) is 15.6. The third-order valence-corrected chi connectivity index (χ3v) is 5.53. The van der Waals surface area contributed by atoms with E-state index in [9.17, 15) is 4.79 Å². The van der Waals surface area contributed by atoms with Crippen molar-refractivity contribution in [2.75, 3.05) is 17.6 Å². The molecule has 2 rings (SSSR count). The summed E-state index contributed by atoms with van der Waals surface area (Å²) in [4.78, 5) is 12.0. The summed E-state index contributed by atoms with van der Waals surface area (Å²) in [6.45, 7) is 5.08. The molecule has 20 heavy (non-hydrogen) atoms. The van der Waals surface area contributed by atoms with Crippen LogP contribution >= 0.6 is 23.1 Å². The van der Waals surface area contributed by atoms with Crippen molar-refractivity contribution in [2.45, 2.75) is 49.9 Å². The van der Waals surface area contributed by atoms with Crippen molar-refractivity contribution >= 4 is 34.1 Å². The van der Waals surface area contributed by atoms with Gasteiger partial charge in [-0.15, -0.1) is 10.2 Å². The second-order valence-corrected chi connectivity index (χ2v) is 7.33. The Balaban J connectivity index is 1.73. The topological polar surface area (TPSA) is 66.9 Å². The molecule has 1 saturated carbocycles. The van der Waals surface area contributed by atoms with Gasteiger partial charge < -0.3 is 10.6 Å². The molecule has 0 aliphatic heterocycles. The third kappa shape index (κ3) is 4.63. The molecule has 112 valence electrons. The fraction of sp³-hybridized carbons (Fsp3) is 0.769. The Hall–Kier alpha value is -0.820. The first-order chi connectivity index (χ1) is 9.69. The van der Waals surface area contributed by atoms with Gasteiger partial charge >= 0.3 is 0 Å². The van der Waals surface area contributed by atoms with Gasteiger partial charge in [0.2, 0.25) is 11.0 Å². The summed E-state index contributed by atoms with van der Waals surface area (Å²) in [5.74, 6) is 1.12. The van der Waals surface area contributed by atoms with Crippen molar-refractivity contribution in [2.24, 2.45) is 5.92 Å². The Morgan fingerprint density at radius 2 is 2.20 bits per heavy atom. The van der Waals surface area contributed by atoms with E-state index in [0.29, 0.717) is 17.7 Å². The predicted octanol–water partition coefficient (Wildman–Crippen LogP) is 2.76. The number of amides is 1. The monoisotopic (exact) mass is 314 g/mol. The van der Waals surface area contributed by atoms with Crippen molar-refractivity contribution < 1.29 is 4.79 Å². The summed E-state index contributed by atoms with van der Waals surface area (Å²) in [5, 5.41) is 15.2. The van der Waals surface area contributed by atoms with Crippen molar-refractivity contribution in [1.82, 2.24) is 15.5 Å². The molecule has 0 radical (unpaired) electrons. The first-order valence-electron chi connectivity index (χ1n) is 7.18. The summed E-state index contributed by atoms with van der Waals surface area (Å²) < 4.78 is 0.841. The molecule has 2 atom stereocenters. The minimum absolute atomic E-state index is 0.106. The minimum Gasteiger partial charge on any atom is -0.360 e. The van der Waals surface area contributed by atoms with Crippen molar-refractivity contribution in [3.63, 3.8) is 0 Å². The smallest absolute Gasteiger partial charge is 0.230 e. The van der Waals surface area contributed by atoms with Gasteiger partial charge in [-0.25, -0.2) is 0 Å². The Bertz CT molecular complexity index is 438. The zero-order valence-electron chi connectivity index (χ0n) is 12.0. The molecule has 2 N–H and O–H groups in total. The number of hydrogen-bond acceptors (Lipinski definition) is 6. The van der Waals surface area contributed by atoms with Gasteiger partial charge in [0.25, 0.3) is 0 Å². The fourth-order valence-electron chi connectivity index (χ4n) is 2.40. The number of nitrogens with zero attached hydrogens (tertiary/aromatic N) is 2. The maximum Gasteiger partial charge on any atom is 0.230 e. The molecule has 5 nitrogen and oxygen atoms in total. The highest BCUT2D eigenvalue weighted by molar-refractivity contribution is 8.01. The summed E-state index contributed by atoms with van der Waals surface area (Å²) in [6.07, 6.45) is 4.85. The molecule has 0 spiro atoms. The maximum atomic E-state index is 12.0. The summed E-state index contributed by atoms with van der Waals surface area (Å²) in [7, 11) is 0. The molecule has 1 amide bonds. The number of carbonyl (C=O) groups is 1. The molecule has 1 aliphatic rings. The van der Waals surface area contributed by atoms with Crippen molar-refractivity contribution in [1.29, 1.82) is 0 Å². The Morgan fingerprint density at radius 3 is 2.95 bits per heavy atom. The lowest BCUT2D eigenvalue weighted by atomic mass is 9.86. The van der Waals surface area contributed by atoms with Gasteiger partial charge in [0.1, 0.15) is 0 Å². The zero-order valence-corrected chi connectivity index (χ0v) is 13.6. The Morgan fingerprint density at radius 1 is 1.40 bits per heavy atom. The molecule has 1 aliphatic carbocycles. The van der Waals surface area contributed by atoms with Gasteiger partial charge in [-0.3, -0.25) is 4.79 Å². The second-order valence-electron chi connectivity index (χ2n) is 5.13. The van der Waals surface area contributed by atoms with Crippen LogP contribution in [0, 0.1) is 5.92 Å². The number of nitrogens with one attached hydrogen (secondary N) is 2. The average molecular weight is 314 g/mol. The van der Waals surface area contributed by atoms with Gasteiger partial charge in [0.05, 0.1) is 5.75 Å². The van der Waals surface area contributed by atoms with E-state index >= 15 is 0 Å². The molecule has 1 fully saturated rings. The number of anilines is 1. The van der Waals surface area contributed by atoms with Crippen molar-refractivity contribution in [3.8, 4) is 0 Å². The van der Waals surface area contributed by atoms with Crippen LogP contribution in [0.3, 0.4) is 0 Å². The molecule has 7 heteroatoms. The molecule has 0 bridgehead atoms. The van der Waals surface area contributed by atoms with Crippen molar-refractivity contribution in [3.05, 3.63) is 0 Å². The number of carbonyl (C=O) groups excluding carboxylic acids is 1. The van der Waals surface area contributed by atoms with Crippen LogP contribution in [0.2, 0.25) is 0 Å². The van der Waals surface area contributed by atoms with Crippen LogP contribution < -0.4 is 10.6 Å². The highest BCUT2D eigenvalue weighted by atomic mass is 32.2. The molecule has 1 aromatic heterocycles. The SMILES string of the molecule is CCNc1nnc(SCC(=O)N[C@@H]2CCCC[C@H]2C)s1. The van der Waals surface area contributed by atoms with Gasteiger partial charge in [0.15, 0.2) is 4.34 Å². The van der Waals surface area contributed by atoms with E-state index in [-0.39, 0.29) is 5.91 Å². The molecular formula is C13H22N4OS2. The molecule has 0 aromatic carbocycles. The maximum absolute atomic E-state index is 12.0. The van der Waals surface area contributed by atoms with Gasteiger partial charge in [0, 0.05) is 12.6 Å². The highest BCUT2D eigenvalue weighted by Gasteiger charge is 2.22. The van der Waals surface area contributed by atoms with Crippen LogP contribution in [0.1, 0.15) is 39.5 Å². The second kappa shape index (κ2) is 7.83. The van der Waals surface area contributed by atoms with Crippen LogP contribution in [0.15, 0.2) is 4.34 Å². The zero-order chi connectivity index (χ0) is 14.4. The minimum atomic E-state index is 0.106. The van der Waals surface area contributed by atoms with E-state index < -0.39 is 0 Å². The van der Waals surface area contributed by atoms with E-state index in [4.69, 9.17) is 0 Å². The third-order valence-electron chi connectivity index (χ3n) is 3.52. The lowest BCUT2D eigenvalue weighted by Crippen LogP contribution is -2.41. The van der Waals surface area contributed by atoms with E-state index in [1.165, 1.54) is 42.4 Å². The number of thioether (sulfide) groups is 1. The van der Waals surface area contributed by atoms with Gasteiger partial charge in [-0.1, -0.05) is 42.9 Å².